The number of nitrogens with one attached hydrogen (secondary N) is 2. The quantitative estimate of drug-likeness (QED) is 0.411. The van der Waals surface area contributed by atoms with Gasteiger partial charge < -0.3 is 20.1 Å². The SMILES string of the molecule is COCCNCCCN1C(=O)N2[C@H](C3=CCCC=C3)c3[nH]c4ccc(O)cc4c3C[C@@]2(C)C1=O. The number of imide groups is 1. The molecule has 1 aromatic heterocycles. The van der Waals surface area contributed by atoms with Crippen LogP contribution < -0.4 is 5.32 Å². The number of hydrogen-bond donors (Lipinski definition) is 3. The molecule has 1 aromatic carbocycles. The van der Waals surface area contributed by atoms with Gasteiger partial charge in [-0.25, -0.2) is 4.79 Å². The highest BCUT2D eigenvalue weighted by Gasteiger charge is 2.60. The Kier molecular flexibility index (Phi) is 5.95. The Hall–Kier alpha value is -3.10. The molecular formula is C26H32N4O4. The lowest BCUT2D eigenvalue weighted by atomic mass is 9.80. The maximum absolute atomic E-state index is 13.7. The highest BCUT2D eigenvalue weighted by atomic mass is 16.5. The van der Waals surface area contributed by atoms with E-state index in [0.29, 0.717) is 32.5 Å². The number of ether oxygens (including phenoxy) is 1. The standard InChI is InChI=1S/C26H32N4O4/c1-26-16-20-19-15-18(31)9-10-21(19)28-22(20)23(17-7-4-3-5-8-17)30(26)25(33)29(24(26)32)13-6-11-27-12-14-34-2/h4,7-10,15,23,27-28,31H,3,5-6,11-14,16H2,1-2H3/t23-,26+/m1/s1. The van der Waals surface area contributed by atoms with Gasteiger partial charge in [-0.3, -0.25) is 14.6 Å². The minimum Gasteiger partial charge on any atom is -0.508 e. The molecule has 8 nitrogen and oxygen atoms in total. The molecule has 2 atom stereocenters. The third-order valence-electron chi connectivity index (χ3n) is 7.21. The second kappa shape index (κ2) is 8.92. The fourth-order valence-corrected chi connectivity index (χ4v) is 5.54. The Bertz CT molecular complexity index is 1180. The molecule has 34 heavy (non-hydrogen) atoms. The highest BCUT2D eigenvalue weighted by molar-refractivity contribution is 6.08. The molecule has 5 rings (SSSR count). The van der Waals surface area contributed by atoms with Crippen LogP contribution in [-0.4, -0.2) is 70.7 Å². The van der Waals surface area contributed by atoms with Crippen molar-refractivity contribution in [3.63, 3.8) is 0 Å². The van der Waals surface area contributed by atoms with E-state index in [4.69, 9.17) is 4.74 Å². The Morgan fingerprint density at radius 1 is 1.26 bits per heavy atom. The van der Waals surface area contributed by atoms with Gasteiger partial charge in [0.15, 0.2) is 0 Å². The Balaban J connectivity index is 1.51. The van der Waals surface area contributed by atoms with Gasteiger partial charge in [0.2, 0.25) is 0 Å². The molecular weight excluding hydrogens is 432 g/mol. The van der Waals surface area contributed by atoms with E-state index in [0.717, 1.165) is 47.1 Å². The van der Waals surface area contributed by atoms with Gasteiger partial charge in [0, 0.05) is 43.2 Å². The first-order valence-corrected chi connectivity index (χ1v) is 12.0. The van der Waals surface area contributed by atoms with E-state index >= 15 is 0 Å². The van der Waals surface area contributed by atoms with E-state index in [1.807, 2.05) is 13.0 Å². The van der Waals surface area contributed by atoms with Gasteiger partial charge in [0.1, 0.15) is 11.3 Å². The second-order valence-electron chi connectivity index (χ2n) is 9.49. The van der Waals surface area contributed by atoms with Crippen LogP contribution in [-0.2, 0) is 16.0 Å². The number of benzene rings is 1. The molecule has 3 heterocycles. The molecule has 1 fully saturated rings. The summed E-state index contributed by atoms with van der Waals surface area (Å²) in [6, 6.07) is 4.64. The second-order valence-corrected chi connectivity index (χ2v) is 9.49. The number of amides is 3. The number of fused-ring (bicyclic) bond motifs is 4. The van der Waals surface area contributed by atoms with Crippen molar-refractivity contribution in [3.05, 3.63) is 53.3 Å². The predicted molar refractivity (Wildman–Crippen MR) is 130 cm³/mol. The zero-order valence-corrected chi connectivity index (χ0v) is 19.8. The van der Waals surface area contributed by atoms with Crippen molar-refractivity contribution in [3.8, 4) is 5.75 Å². The van der Waals surface area contributed by atoms with Crippen LogP contribution in [0.5, 0.6) is 5.75 Å². The maximum atomic E-state index is 13.7. The number of aromatic amines is 1. The molecule has 3 aliphatic rings. The van der Waals surface area contributed by atoms with Crippen LogP contribution in [0.4, 0.5) is 4.79 Å². The Morgan fingerprint density at radius 2 is 2.12 bits per heavy atom. The van der Waals surface area contributed by atoms with Crippen LogP contribution in [0.3, 0.4) is 0 Å². The number of methoxy groups -OCH3 is 1. The molecule has 1 saturated heterocycles. The first-order chi connectivity index (χ1) is 16.5. The first-order valence-electron chi connectivity index (χ1n) is 12.0. The van der Waals surface area contributed by atoms with Gasteiger partial charge >= 0.3 is 6.03 Å². The normalized spacial score (nSPS) is 24.1. The first kappa shape index (κ1) is 22.7. The number of aromatic hydroxyl groups is 1. The molecule has 0 saturated carbocycles. The summed E-state index contributed by atoms with van der Waals surface area (Å²) >= 11 is 0. The number of H-pyrrole nitrogens is 1. The Morgan fingerprint density at radius 3 is 2.88 bits per heavy atom. The van der Waals surface area contributed by atoms with Crippen molar-refractivity contribution in [2.75, 3.05) is 33.4 Å². The smallest absolute Gasteiger partial charge is 0.328 e. The summed E-state index contributed by atoms with van der Waals surface area (Å²) in [5, 5.41) is 14.3. The van der Waals surface area contributed by atoms with E-state index in [9.17, 15) is 14.7 Å². The molecule has 0 unspecified atom stereocenters. The van der Waals surface area contributed by atoms with Crippen LogP contribution in [0.15, 0.2) is 42.0 Å². The summed E-state index contributed by atoms with van der Waals surface area (Å²) in [6.07, 6.45) is 9.34. The zero-order chi connectivity index (χ0) is 23.9. The van der Waals surface area contributed by atoms with Gasteiger partial charge in [0.25, 0.3) is 5.91 Å². The van der Waals surface area contributed by atoms with Gasteiger partial charge in [-0.15, -0.1) is 0 Å². The van der Waals surface area contributed by atoms with E-state index in [1.54, 1.807) is 24.1 Å². The average molecular weight is 465 g/mol. The molecule has 0 spiro atoms. The number of rotatable bonds is 8. The monoisotopic (exact) mass is 464 g/mol. The molecule has 3 N–H and O–H groups in total. The summed E-state index contributed by atoms with van der Waals surface area (Å²) in [7, 11) is 1.66. The molecule has 0 bridgehead atoms. The predicted octanol–water partition coefficient (Wildman–Crippen LogP) is 3.40. The van der Waals surface area contributed by atoms with E-state index in [-0.39, 0.29) is 23.7 Å². The van der Waals surface area contributed by atoms with Crippen molar-refractivity contribution in [2.45, 2.75) is 44.2 Å². The Labute approximate surface area is 199 Å². The summed E-state index contributed by atoms with van der Waals surface area (Å²) < 4.78 is 5.05. The topological polar surface area (TPSA) is 97.9 Å². The third-order valence-corrected chi connectivity index (χ3v) is 7.21. The highest BCUT2D eigenvalue weighted by Crippen LogP contribution is 2.49. The molecule has 2 aliphatic heterocycles. The molecule has 8 heteroatoms. The van der Waals surface area contributed by atoms with Crippen LogP contribution >= 0.6 is 0 Å². The number of urea groups is 1. The largest absolute Gasteiger partial charge is 0.508 e. The van der Waals surface area contributed by atoms with Crippen molar-refractivity contribution in [1.29, 1.82) is 0 Å². The lowest BCUT2D eigenvalue weighted by Crippen LogP contribution is -2.53. The van der Waals surface area contributed by atoms with Crippen LogP contribution in [0.25, 0.3) is 10.9 Å². The number of nitrogens with zero attached hydrogens (tertiary/aromatic N) is 2. The van der Waals surface area contributed by atoms with Crippen LogP contribution in [0.1, 0.15) is 43.5 Å². The zero-order valence-electron chi connectivity index (χ0n) is 19.8. The minimum absolute atomic E-state index is 0.153. The number of phenolic OH excluding ortho intramolecular Hbond substituents is 1. The fourth-order valence-electron chi connectivity index (χ4n) is 5.54. The molecule has 0 radical (unpaired) electrons. The van der Waals surface area contributed by atoms with Gasteiger partial charge in [0.05, 0.1) is 12.6 Å². The summed E-state index contributed by atoms with van der Waals surface area (Å²) in [6.45, 7) is 4.32. The summed E-state index contributed by atoms with van der Waals surface area (Å²) in [5.74, 6) is 0.0339. The van der Waals surface area contributed by atoms with E-state index < -0.39 is 5.54 Å². The molecule has 2 aromatic rings. The number of allylic oxidation sites excluding steroid dienone is 2. The van der Waals surface area contributed by atoms with Crippen molar-refractivity contribution < 1.29 is 19.4 Å². The number of carbonyl (C=O) groups is 2. The van der Waals surface area contributed by atoms with Crippen molar-refractivity contribution >= 4 is 22.8 Å². The van der Waals surface area contributed by atoms with Crippen LogP contribution in [0, 0.1) is 0 Å². The van der Waals surface area contributed by atoms with Gasteiger partial charge in [-0.2, -0.15) is 0 Å². The number of aromatic nitrogens is 1. The lowest BCUT2D eigenvalue weighted by molar-refractivity contribution is -0.133. The minimum atomic E-state index is -0.981. The summed E-state index contributed by atoms with van der Waals surface area (Å²) in [5.41, 5.74) is 2.87. The number of phenols is 1. The van der Waals surface area contributed by atoms with Gasteiger partial charge in [-0.1, -0.05) is 18.2 Å². The number of carbonyl (C=O) groups excluding carboxylic acids is 2. The van der Waals surface area contributed by atoms with E-state index in [1.165, 1.54) is 4.90 Å². The maximum Gasteiger partial charge on any atom is 0.328 e. The average Bonchev–Trinajstić information content (AvgIpc) is 3.27. The molecule has 3 amide bonds. The summed E-state index contributed by atoms with van der Waals surface area (Å²) in [4.78, 5) is 34.2. The van der Waals surface area contributed by atoms with Crippen LogP contribution in [0.2, 0.25) is 0 Å². The fraction of sp³-hybridized carbons (Fsp3) is 0.462. The van der Waals surface area contributed by atoms with Crippen molar-refractivity contribution in [2.24, 2.45) is 0 Å². The van der Waals surface area contributed by atoms with E-state index in [2.05, 4.69) is 28.5 Å². The lowest BCUT2D eigenvalue weighted by Gasteiger charge is -2.43. The van der Waals surface area contributed by atoms with Crippen molar-refractivity contribution in [1.82, 2.24) is 20.1 Å². The third kappa shape index (κ3) is 3.61. The molecule has 1 aliphatic carbocycles. The van der Waals surface area contributed by atoms with Gasteiger partial charge in [-0.05, 0) is 62.1 Å². The molecule has 180 valence electrons. The number of hydrogen-bond acceptors (Lipinski definition) is 5.